The number of phenolic OH excluding ortho intramolecular Hbond substituents is 1. The maximum Gasteiger partial charge on any atom is 0.195 e. The number of ketones is 1. The Bertz CT molecular complexity index is 996. The highest BCUT2D eigenvalue weighted by atomic mass is 16.3. The molecule has 0 atom stereocenters. The zero-order valence-electron chi connectivity index (χ0n) is 14.2. The molecule has 2 N–H and O–H groups in total. The van der Waals surface area contributed by atoms with E-state index in [-0.39, 0.29) is 11.5 Å². The molecule has 0 aliphatic heterocycles. The highest BCUT2D eigenvalue weighted by Crippen LogP contribution is 2.43. The molecule has 1 aromatic heterocycles. The van der Waals surface area contributed by atoms with Gasteiger partial charge in [-0.15, -0.1) is 0 Å². The lowest BCUT2D eigenvalue weighted by Gasteiger charge is -2.15. The van der Waals surface area contributed by atoms with E-state index in [2.05, 4.69) is 15.2 Å². The van der Waals surface area contributed by atoms with Gasteiger partial charge in [-0.2, -0.15) is 0 Å². The fourth-order valence-corrected chi connectivity index (χ4v) is 3.36. The van der Waals surface area contributed by atoms with Crippen LogP contribution in [-0.2, 0) is 0 Å². The van der Waals surface area contributed by atoms with Crippen LogP contribution in [0.1, 0.15) is 15.9 Å². The number of pyridine rings is 1. The fraction of sp³-hybridized carbons (Fsp3) is 0.200. The second-order valence-electron chi connectivity index (χ2n) is 6.54. The molecule has 4 rings (SSSR count). The predicted molar refractivity (Wildman–Crippen MR) is 99.3 cm³/mol. The van der Waals surface area contributed by atoms with Crippen molar-refractivity contribution in [3.8, 4) is 16.9 Å². The summed E-state index contributed by atoms with van der Waals surface area (Å²) in [6, 6.07) is 11.0. The van der Waals surface area contributed by atoms with Crippen molar-refractivity contribution in [3.63, 3.8) is 0 Å². The third kappa shape index (κ3) is 2.53. The minimum atomic E-state index is 0.00677. The van der Waals surface area contributed by atoms with E-state index in [0.717, 1.165) is 35.3 Å². The van der Waals surface area contributed by atoms with Crippen LogP contribution in [-0.4, -0.2) is 48.0 Å². The van der Waals surface area contributed by atoms with Gasteiger partial charge in [0.25, 0.3) is 0 Å². The van der Waals surface area contributed by atoms with Gasteiger partial charge in [-0.25, -0.2) is 0 Å². The normalized spacial score (nSPS) is 12.5. The standard InChI is InChI=1S/C20H19N3O2/c1-23(2)8-7-21-16-9-12(24)10-17-19(16)18-13-5-3-4-6-14(13)20(25)15(18)11-22-17/h3-6,9-11,21,24H,7-8H2,1-2H3. The molecule has 0 spiro atoms. The zero-order chi connectivity index (χ0) is 17.6. The van der Waals surface area contributed by atoms with Crippen molar-refractivity contribution in [2.45, 2.75) is 0 Å². The number of benzene rings is 2. The lowest BCUT2D eigenvalue weighted by Crippen LogP contribution is -2.20. The highest BCUT2D eigenvalue weighted by molar-refractivity contribution is 6.26. The van der Waals surface area contributed by atoms with Crippen molar-refractivity contribution in [1.82, 2.24) is 9.88 Å². The molecule has 3 aromatic rings. The Morgan fingerprint density at radius 3 is 2.64 bits per heavy atom. The molecule has 0 unspecified atom stereocenters. The third-order valence-corrected chi connectivity index (χ3v) is 4.51. The highest BCUT2D eigenvalue weighted by Gasteiger charge is 2.29. The van der Waals surface area contributed by atoms with Crippen LogP contribution in [0.25, 0.3) is 22.0 Å². The number of aromatic hydroxyl groups is 1. The average Bonchev–Trinajstić information content (AvgIpc) is 2.87. The summed E-state index contributed by atoms with van der Waals surface area (Å²) in [4.78, 5) is 19.2. The molecule has 1 heterocycles. The minimum absolute atomic E-state index is 0.00677. The van der Waals surface area contributed by atoms with Gasteiger partial charge in [0.05, 0.1) is 5.52 Å². The van der Waals surface area contributed by atoms with Crippen LogP contribution in [0, 0.1) is 0 Å². The smallest absolute Gasteiger partial charge is 0.195 e. The maximum absolute atomic E-state index is 12.7. The van der Waals surface area contributed by atoms with Crippen LogP contribution in [0.3, 0.4) is 0 Å². The number of rotatable bonds is 4. The molecule has 0 fully saturated rings. The molecule has 126 valence electrons. The van der Waals surface area contributed by atoms with E-state index < -0.39 is 0 Å². The van der Waals surface area contributed by atoms with Gasteiger partial charge >= 0.3 is 0 Å². The summed E-state index contributed by atoms with van der Waals surface area (Å²) in [5.41, 5.74) is 4.63. The van der Waals surface area contributed by atoms with Crippen LogP contribution in [0.5, 0.6) is 5.75 Å². The quantitative estimate of drug-likeness (QED) is 0.601. The number of hydrogen-bond acceptors (Lipinski definition) is 5. The topological polar surface area (TPSA) is 65.5 Å². The Morgan fingerprint density at radius 1 is 1.12 bits per heavy atom. The van der Waals surface area contributed by atoms with E-state index in [9.17, 15) is 9.90 Å². The van der Waals surface area contributed by atoms with Gasteiger partial charge in [-0.05, 0) is 19.7 Å². The Labute approximate surface area is 145 Å². The van der Waals surface area contributed by atoms with Crippen LogP contribution in [0.4, 0.5) is 5.69 Å². The van der Waals surface area contributed by atoms with Crippen LogP contribution in [0.2, 0.25) is 0 Å². The summed E-state index contributed by atoms with van der Waals surface area (Å²) in [5, 5.41) is 14.3. The third-order valence-electron chi connectivity index (χ3n) is 4.51. The van der Waals surface area contributed by atoms with E-state index >= 15 is 0 Å². The molecule has 2 aromatic carbocycles. The van der Waals surface area contributed by atoms with Gasteiger partial charge in [-0.3, -0.25) is 9.78 Å². The number of fused-ring (bicyclic) bond motifs is 5. The molecule has 5 heteroatoms. The van der Waals surface area contributed by atoms with Gasteiger partial charge in [0.2, 0.25) is 0 Å². The summed E-state index contributed by atoms with van der Waals surface area (Å²) in [6.07, 6.45) is 1.61. The Hall–Kier alpha value is -2.92. The van der Waals surface area contributed by atoms with Gasteiger partial charge in [0, 0.05) is 59.2 Å². The summed E-state index contributed by atoms with van der Waals surface area (Å²) < 4.78 is 0. The molecule has 0 radical (unpaired) electrons. The summed E-state index contributed by atoms with van der Waals surface area (Å²) in [7, 11) is 4.02. The van der Waals surface area contributed by atoms with E-state index in [1.54, 1.807) is 18.3 Å². The molecule has 0 bridgehead atoms. The van der Waals surface area contributed by atoms with E-state index in [1.165, 1.54) is 0 Å². The monoisotopic (exact) mass is 333 g/mol. The number of aromatic nitrogens is 1. The number of carbonyl (C=O) groups is 1. The minimum Gasteiger partial charge on any atom is -0.508 e. The Kier molecular flexibility index (Phi) is 3.66. The second-order valence-corrected chi connectivity index (χ2v) is 6.54. The lowest BCUT2D eigenvalue weighted by atomic mass is 9.99. The Balaban J connectivity index is 1.94. The van der Waals surface area contributed by atoms with E-state index in [4.69, 9.17) is 0 Å². The number of anilines is 1. The van der Waals surface area contributed by atoms with Crippen LogP contribution < -0.4 is 5.32 Å². The van der Waals surface area contributed by atoms with Gasteiger partial charge in [0.1, 0.15) is 5.75 Å². The second kappa shape index (κ2) is 5.86. The van der Waals surface area contributed by atoms with E-state index in [1.807, 2.05) is 38.4 Å². The molecule has 5 nitrogen and oxygen atoms in total. The first kappa shape index (κ1) is 15.6. The van der Waals surface area contributed by atoms with Crippen molar-refractivity contribution in [2.24, 2.45) is 0 Å². The first-order valence-electron chi connectivity index (χ1n) is 8.24. The van der Waals surface area contributed by atoms with Crippen molar-refractivity contribution in [2.75, 3.05) is 32.5 Å². The summed E-state index contributed by atoms with van der Waals surface area (Å²) in [6.45, 7) is 1.58. The molecule has 0 amide bonds. The molecule has 0 saturated heterocycles. The van der Waals surface area contributed by atoms with Gasteiger partial charge in [0.15, 0.2) is 5.78 Å². The van der Waals surface area contributed by atoms with Crippen molar-refractivity contribution < 1.29 is 9.90 Å². The molecule has 25 heavy (non-hydrogen) atoms. The first-order valence-corrected chi connectivity index (χ1v) is 8.24. The molecule has 0 saturated carbocycles. The fourth-order valence-electron chi connectivity index (χ4n) is 3.36. The van der Waals surface area contributed by atoms with Crippen molar-refractivity contribution >= 4 is 22.4 Å². The lowest BCUT2D eigenvalue weighted by molar-refractivity contribution is 0.104. The van der Waals surface area contributed by atoms with Gasteiger partial charge in [-0.1, -0.05) is 24.3 Å². The summed E-state index contributed by atoms with van der Waals surface area (Å²) in [5.74, 6) is 0.164. The number of nitrogens with zero attached hydrogens (tertiary/aromatic N) is 2. The van der Waals surface area contributed by atoms with Crippen LogP contribution in [0.15, 0.2) is 42.6 Å². The largest absolute Gasteiger partial charge is 0.508 e. The number of phenols is 1. The number of carbonyl (C=O) groups excluding carboxylic acids is 1. The SMILES string of the molecule is CN(C)CCNc1cc(O)cc2ncc3c(c12)-c1ccccc1C3=O. The number of nitrogens with one attached hydrogen (secondary N) is 1. The number of likely N-dealkylation sites (N-methyl/N-ethyl adjacent to an activating group) is 1. The van der Waals surface area contributed by atoms with Gasteiger partial charge < -0.3 is 15.3 Å². The number of hydrogen-bond donors (Lipinski definition) is 2. The zero-order valence-corrected chi connectivity index (χ0v) is 14.2. The van der Waals surface area contributed by atoms with Crippen molar-refractivity contribution in [3.05, 3.63) is 53.7 Å². The average molecular weight is 333 g/mol. The summed E-state index contributed by atoms with van der Waals surface area (Å²) >= 11 is 0. The molecular weight excluding hydrogens is 314 g/mol. The molecule has 1 aliphatic rings. The Morgan fingerprint density at radius 2 is 1.88 bits per heavy atom. The molecule has 1 aliphatic carbocycles. The molecular formula is C20H19N3O2. The predicted octanol–water partition coefficient (Wildman–Crippen LogP) is 3.13. The van der Waals surface area contributed by atoms with Crippen molar-refractivity contribution in [1.29, 1.82) is 0 Å². The first-order chi connectivity index (χ1) is 12.1. The van der Waals surface area contributed by atoms with Crippen LogP contribution >= 0.6 is 0 Å². The van der Waals surface area contributed by atoms with E-state index in [0.29, 0.717) is 16.6 Å². The maximum atomic E-state index is 12.7.